The molecule has 20 heavy (non-hydrogen) atoms. The number of aromatic nitrogens is 1. The Kier molecular flexibility index (Phi) is 4.39. The Morgan fingerprint density at radius 3 is 2.65 bits per heavy atom. The molecular formula is C15H18N2O2S. The van der Waals surface area contributed by atoms with Gasteiger partial charge in [-0.2, -0.15) is 0 Å². The number of anilines is 2. The molecule has 5 heteroatoms. The van der Waals surface area contributed by atoms with Gasteiger partial charge in [0.05, 0.1) is 7.11 Å². The summed E-state index contributed by atoms with van der Waals surface area (Å²) in [5.41, 5.74) is 2.70. The van der Waals surface area contributed by atoms with Crippen molar-refractivity contribution in [2.45, 2.75) is 20.8 Å². The van der Waals surface area contributed by atoms with Crippen molar-refractivity contribution in [3.05, 3.63) is 40.4 Å². The van der Waals surface area contributed by atoms with E-state index in [2.05, 4.69) is 35.9 Å². The van der Waals surface area contributed by atoms with Crippen LogP contribution in [-0.4, -0.2) is 24.6 Å². The normalized spacial score (nSPS) is 10.4. The smallest absolute Gasteiger partial charge is 0.357 e. The largest absolute Gasteiger partial charge is 0.464 e. The molecular weight excluding hydrogens is 272 g/mol. The Balaban J connectivity index is 2.43. The minimum absolute atomic E-state index is 0.383. The summed E-state index contributed by atoms with van der Waals surface area (Å²) < 4.78 is 4.76. The van der Waals surface area contributed by atoms with E-state index in [-0.39, 0.29) is 5.97 Å². The van der Waals surface area contributed by atoms with Crippen LogP contribution < -0.4 is 4.90 Å². The number of aryl methyl sites for hydroxylation is 2. The quantitative estimate of drug-likeness (QED) is 0.805. The van der Waals surface area contributed by atoms with Gasteiger partial charge in [-0.05, 0) is 32.4 Å². The number of hydrogen-bond acceptors (Lipinski definition) is 5. The van der Waals surface area contributed by atoms with Gasteiger partial charge in [0.1, 0.15) is 0 Å². The molecule has 0 aliphatic heterocycles. The molecule has 1 heterocycles. The van der Waals surface area contributed by atoms with Gasteiger partial charge in [-0.15, -0.1) is 11.3 Å². The van der Waals surface area contributed by atoms with Crippen molar-refractivity contribution < 1.29 is 9.53 Å². The highest BCUT2D eigenvalue weighted by molar-refractivity contribution is 7.15. The third kappa shape index (κ3) is 2.67. The SMILES string of the molecule is CCN(c1nc(C(=O)OC)c(C)s1)c1ccccc1C. The molecule has 0 N–H and O–H groups in total. The second-order valence-electron chi connectivity index (χ2n) is 4.42. The summed E-state index contributed by atoms with van der Waals surface area (Å²) in [5.74, 6) is -0.383. The molecule has 0 spiro atoms. The van der Waals surface area contributed by atoms with Crippen LogP contribution in [-0.2, 0) is 4.74 Å². The predicted molar refractivity (Wildman–Crippen MR) is 82.0 cm³/mol. The number of methoxy groups -OCH3 is 1. The maximum absolute atomic E-state index is 11.7. The van der Waals surface area contributed by atoms with E-state index in [9.17, 15) is 4.79 Å². The number of carbonyl (C=O) groups excluding carboxylic acids is 1. The first-order valence-corrected chi connectivity index (χ1v) is 7.29. The van der Waals surface area contributed by atoms with E-state index in [0.717, 1.165) is 22.2 Å². The molecule has 0 aliphatic carbocycles. The van der Waals surface area contributed by atoms with Crippen LogP contribution in [0.25, 0.3) is 0 Å². The lowest BCUT2D eigenvalue weighted by Gasteiger charge is -2.21. The van der Waals surface area contributed by atoms with Crippen molar-refractivity contribution >= 4 is 28.1 Å². The molecule has 0 atom stereocenters. The lowest BCUT2D eigenvalue weighted by atomic mass is 10.2. The number of rotatable bonds is 4. The fraction of sp³-hybridized carbons (Fsp3) is 0.333. The van der Waals surface area contributed by atoms with Crippen molar-refractivity contribution in [3.63, 3.8) is 0 Å². The Labute approximate surface area is 123 Å². The standard InChI is InChI=1S/C15H18N2O2S/c1-5-17(12-9-7-6-8-10(12)2)15-16-13(11(3)20-15)14(18)19-4/h6-9H,5H2,1-4H3. The van der Waals surface area contributed by atoms with Crippen molar-refractivity contribution in [3.8, 4) is 0 Å². The first-order valence-electron chi connectivity index (χ1n) is 6.47. The van der Waals surface area contributed by atoms with Gasteiger partial charge in [0.15, 0.2) is 10.8 Å². The highest BCUT2D eigenvalue weighted by Gasteiger charge is 2.20. The lowest BCUT2D eigenvalue weighted by Crippen LogP contribution is -2.17. The second kappa shape index (κ2) is 6.05. The van der Waals surface area contributed by atoms with E-state index in [1.54, 1.807) is 0 Å². The molecule has 1 aromatic carbocycles. The van der Waals surface area contributed by atoms with Gasteiger partial charge >= 0.3 is 5.97 Å². The maximum Gasteiger partial charge on any atom is 0.357 e. The van der Waals surface area contributed by atoms with Crippen LogP contribution >= 0.6 is 11.3 Å². The molecule has 0 bridgehead atoms. The average Bonchev–Trinajstić information content (AvgIpc) is 2.83. The molecule has 0 unspecified atom stereocenters. The Morgan fingerprint density at radius 2 is 2.05 bits per heavy atom. The molecule has 2 aromatic rings. The van der Waals surface area contributed by atoms with E-state index in [1.165, 1.54) is 24.0 Å². The predicted octanol–water partition coefficient (Wildman–Crippen LogP) is 3.70. The molecule has 106 valence electrons. The molecule has 2 rings (SSSR count). The molecule has 0 saturated carbocycles. The maximum atomic E-state index is 11.7. The third-order valence-corrected chi connectivity index (χ3v) is 4.11. The summed E-state index contributed by atoms with van der Waals surface area (Å²) in [6.45, 7) is 6.82. The van der Waals surface area contributed by atoms with Crippen molar-refractivity contribution in [1.29, 1.82) is 0 Å². The third-order valence-electron chi connectivity index (χ3n) is 3.12. The van der Waals surface area contributed by atoms with Crippen LogP contribution in [0.4, 0.5) is 10.8 Å². The first-order chi connectivity index (χ1) is 9.58. The number of benzene rings is 1. The average molecular weight is 290 g/mol. The topological polar surface area (TPSA) is 42.4 Å². The minimum Gasteiger partial charge on any atom is -0.464 e. The molecule has 0 amide bonds. The Bertz CT molecular complexity index is 622. The fourth-order valence-electron chi connectivity index (χ4n) is 2.06. The zero-order valence-corrected chi connectivity index (χ0v) is 13.0. The van der Waals surface area contributed by atoms with E-state index in [1.807, 2.05) is 19.1 Å². The Hall–Kier alpha value is -1.88. The second-order valence-corrected chi connectivity index (χ2v) is 5.61. The summed E-state index contributed by atoms with van der Waals surface area (Å²) >= 11 is 1.51. The molecule has 1 aromatic heterocycles. The summed E-state index contributed by atoms with van der Waals surface area (Å²) in [6, 6.07) is 8.15. The van der Waals surface area contributed by atoms with Gasteiger partial charge in [-0.3, -0.25) is 0 Å². The van der Waals surface area contributed by atoms with Crippen LogP contribution in [0.5, 0.6) is 0 Å². The molecule has 4 nitrogen and oxygen atoms in total. The number of nitrogens with zero attached hydrogens (tertiary/aromatic N) is 2. The van der Waals surface area contributed by atoms with E-state index in [0.29, 0.717) is 5.69 Å². The van der Waals surface area contributed by atoms with Gasteiger partial charge in [0.2, 0.25) is 0 Å². The summed E-state index contributed by atoms with van der Waals surface area (Å²) in [5, 5.41) is 0.819. The van der Waals surface area contributed by atoms with Crippen molar-refractivity contribution in [1.82, 2.24) is 4.98 Å². The van der Waals surface area contributed by atoms with Gasteiger partial charge in [0, 0.05) is 17.1 Å². The minimum atomic E-state index is -0.383. The van der Waals surface area contributed by atoms with Crippen LogP contribution in [0, 0.1) is 13.8 Å². The van der Waals surface area contributed by atoms with Gasteiger partial charge < -0.3 is 9.64 Å². The summed E-state index contributed by atoms with van der Waals surface area (Å²) in [4.78, 5) is 19.1. The number of carbonyl (C=O) groups is 1. The van der Waals surface area contributed by atoms with E-state index in [4.69, 9.17) is 4.74 Å². The highest BCUT2D eigenvalue weighted by atomic mass is 32.1. The molecule has 0 aliphatic rings. The van der Waals surface area contributed by atoms with Crippen LogP contribution in [0.3, 0.4) is 0 Å². The number of ether oxygens (including phenoxy) is 1. The van der Waals surface area contributed by atoms with Crippen LogP contribution in [0.2, 0.25) is 0 Å². The number of hydrogen-bond donors (Lipinski definition) is 0. The Morgan fingerprint density at radius 1 is 1.35 bits per heavy atom. The molecule has 0 fully saturated rings. The van der Waals surface area contributed by atoms with Gasteiger partial charge in [0.25, 0.3) is 0 Å². The molecule has 0 radical (unpaired) electrons. The summed E-state index contributed by atoms with van der Waals surface area (Å²) in [7, 11) is 1.37. The zero-order valence-electron chi connectivity index (χ0n) is 12.1. The number of thiazole rings is 1. The molecule has 0 saturated heterocycles. The monoisotopic (exact) mass is 290 g/mol. The zero-order chi connectivity index (χ0) is 14.7. The van der Waals surface area contributed by atoms with Gasteiger partial charge in [-0.1, -0.05) is 18.2 Å². The lowest BCUT2D eigenvalue weighted by molar-refractivity contribution is 0.0594. The number of esters is 1. The van der Waals surface area contributed by atoms with Crippen molar-refractivity contribution in [2.24, 2.45) is 0 Å². The van der Waals surface area contributed by atoms with E-state index >= 15 is 0 Å². The fourth-order valence-corrected chi connectivity index (χ4v) is 3.03. The van der Waals surface area contributed by atoms with Crippen LogP contribution in [0.15, 0.2) is 24.3 Å². The van der Waals surface area contributed by atoms with Gasteiger partial charge in [-0.25, -0.2) is 9.78 Å². The number of para-hydroxylation sites is 1. The van der Waals surface area contributed by atoms with Crippen molar-refractivity contribution in [2.75, 3.05) is 18.6 Å². The first kappa shape index (κ1) is 14.5. The van der Waals surface area contributed by atoms with E-state index < -0.39 is 0 Å². The summed E-state index contributed by atoms with van der Waals surface area (Å²) in [6.07, 6.45) is 0. The highest BCUT2D eigenvalue weighted by Crippen LogP contribution is 2.33. The van der Waals surface area contributed by atoms with Crippen LogP contribution in [0.1, 0.15) is 27.9 Å².